The van der Waals surface area contributed by atoms with E-state index < -0.39 is 11.9 Å². The molecular weight excluding hydrogens is 284 g/mol. The molecule has 6 heteroatoms. The summed E-state index contributed by atoms with van der Waals surface area (Å²) in [4.78, 5) is 25.6. The Hall–Kier alpha value is -2.08. The molecule has 0 bridgehead atoms. The maximum Gasteiger partial charge on any atom is 0.307 e. The predicted molar refractivity (Wildman–Crippen MR) is 85.4 cm³/mol. The van der Waals surface area contributed by atoms with Crippen LogP contribution in [0.2, 0.25) is 0 Å². The Kier molecular flexibility index (Phi) is 7.39. The minimum Gasteiger partial charge on any atom is -0.481 e. The molecule has 1 aromatic carbocycles. The number of hydrogen-bond acceptors (Lipinski definition) is 4. The number of benzene rings is 1. The number of carboxylic acid groups (broad SMARTS) is 2. The number of hydrogen-bond donors (Lipinski definition) is 2. The Morgan fingerprint density at radius 3 is 2.09 bits per heavy atom. The van der Waals surface area contributed by atoms with Gasteiger partial charge in [-0.05, 0) is 44.8 Å². The molecule has 0 atom stereocenters. The second-order valence-corrected chi connectivity index (χ2v) is 5.52. The fourth-order valence-electron chi connectivity index (χ4n) is 2.18. The van der Waals surface area contributed by atoms with Crippen LogP contribution in [-0.2, 0) is 16.0 Å². The Balaban J connectivity index is 2.71. The second-order valence-electron chi connectivity index (χ2n) is 5.52. The summed E-state index contributed by atoms with van der Waals surface area (Å²) in [6, 6.07) is 7.28. The lowest BCUT2D eigenvalue weighted by Gasteiger charge is -2.25. The molecule has 0 saturated heterocycles. The van der Waals surface area contributed by atoms with E-state index in [2.05, 4.69) is 4.90 Å². The van der Waals surface area contributed by atoms with Crippen molar-refractivity contribution in [3.05, 3.63) is 29.8 Å². The molecule has 2 N–H and O–H groups in total. The van der Waals surface area contributed by atoms with E-state index in [0.717, 1.165) is 30.8 Å². The van der Waals surface area contributed by atoms with Gasteiger partial charge in [-0.15, -0.1) is 0 Å². The molecule has 0 amide bonds. The van der Waals surface area contributed by atoms with Crippen molar-refractivity contribution in [2.24, 2.45) is 0 Å². The van der Waals surface area contributed by atoms with Crippen molar-refractivity contribution in [2.75, 3.05) is 38.6 Å². The molecular formula is C16H24N2O4. The van der Waals surface area contributed by atoms with Gasteiger partial charge in [0.05, 0.1) is 12.8 Å². The fraction of sp³-hybridized carbons (Fsp3) is 0.500. The lowest BCUT2D eigenvalue weighted by atomic mass is 10.1. The zero-order chi connectivity index (χ0) is 16.5. The first-order chi connectivity index (χ1) is 10.4. The number of rotatable bonds is 10. The van der Waals surface area contributed by atoms with Gasteiger partial charge in [-0.1, -0.05) is 12.1 Å². The van der Waals surface area contributed by atoms with Gasteiger partial charge in [-0.25, -0.2) is 0 Å². The largest absolute Gasteiger partial charge is 0.481 e. The molecule has 0 aliphatic carbocycles. The molecule has 1 aromatic rings. The SMILES string of the molecule is CN(C)CCCN(CCC(=O)O)c1ccc(CC(=O)O)cc1. The molecule has 0 saturated carbocycles. The molecule has 0 heterocycles. The quantitative estimate of drug-likeness (QED) is 0.682. The molecule has 122 valence electrons. The molecule has 0 aliphatic rings. The van der Waals surface area contributed by atoms with Crippen LogP contribution in [0.4, 0.5) is 5.69 Å². The lowest BCUT2D eigenvalue weighted by molar-refractivity contribution is -0.137. The number of aliphatic carboxylic acids is 2. The Morgan fingerprint density at radius 2 is 1.59 bits per heavy atom. The van der Waals surface area contributed by atoms with E-state index >= 15 is 0 Å². The van der Waals surface area contributed by atoms with Crippen LogP contribution in [0.25, 0.3) is 0 Å². The summed E-state index contributed by atoms with van der Waals surface area (Å²) >= 11 is 0. The van der Waals surface area contributed by atoms with Crippen LogP contribution in [0.1, 0.15) is 18.4 Å². The van der Waals surface area contributed by atoms with Gasteiger partial charge in [0.25, 0.3) is 0 Å². The van der Waals surface area contributed by atoms with Crippen molar-refractivity contribution in [3.63, 3.8) is 0 Å². The second kappa shape index (κ2) is 9.04. The highest BCUT2D eigenvalue weighted by Gasteiger charge is 2.09. The first kappa shape index (κ1) is 18.0. The van der Waals surface area contributed by atoms with Gasteiger partial charge in [0.1, 0.15) is 0 Å². The van der Waals surface area contributed by atoms with Gasteiger partial charge in [0.15, 0.2) is 0 Å². The molecule has 1 rings (SSSR count). The number of nitrogens with zero attached hydrogens (tertiary/aromatic N) is 2. The smallest absolute Gasteiger partial charge is 0.307 e. The van der Waals surface area contributed by atoms with E-state index in [9.17, 15) is 9.59 Å². The Labute approximate surface area is 131 Å². The van der Waals surface area contributed by atoms with E-state index in [1.807, 2.05) is 31.1 Å². The van der Waals surface area contributed by atoms with Crippen molar-refractivity contribution in [2.45, 2.75) is 19.3 Å². The Morgan fingerprint density at radius 1 is 0.955 bits per heavy atom. The summed E-state index contributed by atoms with van der Waals surface area (Å²) in [7, 11) is 4.00. The van der Waals surface area contributed by atoms with Crippen molar-refractivity contribution in [1.82, 2.24) is 4.90 Å². The van der Waals surface area contributed by atoms with Crippen LogP contribution in [0.15, 0.2) is 24.3 Å². The third-order valence-electron chi connectivity index (χ3n) is 3.29. The third-order valence-corrected chi connectivity index (χ3v) is 3.29. The summed E-state index contributed by atoms with van der Waals surface area (Å²) in [6.45, 7) is 2.14. The highest BCUT2D eigenvalue weighted by atomic mass is 16.4. The summed E-state index contributed by atoms with van der Waals surface area (Å²) < 4.78 is 0. The normalized spacial score (nSPS) is 10.7. The van der Waals surface area contributed by atoms with Gasteiger partial charge in [0.2, 0.25) is 0 Å². The maximum atomic E-state index is 10.8. The van der Waals surface area contributed by atoms with Gasteiger partial charge < -0.3 is 20.0 Å². The molecule has 6 nitrogen and oxygen atoms in total. The van der Waals surface area contributed by atoms with Crippen LogP contribution in [0.5, 0.6) is 0 Å². The van der Waals surface area contributed by atoms with Crippen molar-refractivity contribution in [1.29, 1.82) is 0 Å². The summed E-state index contributed by atoms with van der Waals surface area (Å²) in [5.41, 5.74) is 1.66. The molecule has 0 aliphatic heterocycles. The highest BCUT2D eigenvalue weighted by Crippen LogP contribution is 2.16. The average molecular weight is 308 g/mol. The van der Waals surface area contributed by atoms with Gasteiger partial charge in [-0.2, -0.15) is 0 Å². The van der Waals surface area contributed by atoms with Crippen molar-refractivity contribution in [3.8, 4) is 0 Å². The maximum absolute atomic E-state index is 10.8. The van der Waals surface area contributed by atoms with E-state index in [0.29, 0.717) is 6.54 Å². The topological polar surface area (TPSA) is 81.1 Å². The third kappa shape index (κ3) is 7.08. The molecule has 0 unspecified atom stereocenters. The average Bonchev–Trinajstić information content (AvgIpc) is 2.42. The lowest BCUT2D eigenvalue weighted by Crippen LogP contribution is -2.29. The van der Waals surface area contributed by atoms with Gasteiger partial charge in [-0.3, -0.25) is 9.59 Å². The zero-order valence-corrected chi connectivity index (χ0v) is 13.2. The van der Waals surface area contributed by atoms with Gasteiger partial charge >= 0.3 is 11.9 Å². The monoisotopic (exact) mass is 308 g/mol. The summed E-state index contributed by atoms with van der Waals surface area (Å²) in [6.07, 6.45) is 1.01. The van der Waals surface area contributed by atoms with Crippen LogP contribution in [0.3, 0.4) is 0 Å². The predicted octanol–water partition coefficient (Wildman–Crippen LogP) is 1.55. The van der Waals surface area contributed by atoms with E-state index in [4.69, 9.17) is 10.2 Å². The van der Waals surface area contributed by atoms with Gasteiger partial charge in [0, 0.05) is 18.8 Å². The minimum absolute atomic E-state index is 0.00393. The molecule has 0 radical (unpaired) electrons. The Bertz CT molecular complexity index is 485. The van der Waals surface area contributed by atoms with Crippen molar-refractivity contribution < 1.29 is 19.8 Å². The molecule has 0 fully saturated rings. The van der Waals surface area contributed by atoms with Crippen LogP contribution in [-0.4, -0.2) is 60.8 Å². The fourth-order valence-corrected chi connectivity index (χ4v) is 2.18. The molecule has 22 heavy (non-hydrogen) atoms. The standard InChI is InChI=1S/C16H24N2O4/c1-17(2)9-3-10-18(11-8-15(19)20)14-6-4-13(5-7-14)12-16(21)22/h4-7H,3,8-12H2,1-2H3,(H,19,20)(H,21,22). The first-order valence-corrected chi connectivity index (χ1v) is 7.30. The van der Waals surface area contributed by atoms with Crippen LogP contribution >= 0.6 is 0 Å². The molecule has 0 spiro atoms. The number of carbonyl (C=O) groups is 2. The number of anilines is 1. The summed E-state index contributed by atoms with van der Waals surface area (Å²) in [5, 5.41) is 17.6. The highest BCUT2D eigenvalue weighted by molar-refractivity contribution is 5.70. The number of carboxylic acids is 2. The minimum atomic E-state index is -0.860. The van der Waals surface area contributed by atoms with E-state index in [1.165, 1.54) is 0 Å². The van der Waals surface area contributed by atoms with Crippen LogP contribution < -0.4 is 4.90 Å². The van der Waals surface area contributed by atoms with Crippen LogP contribution in [0, 0.1) is 0 Å². The summed E-state index contributed by atoms with van der Waals surface area (Å²) in [5.74, 6) is -1.68. The zero-order valence-electron chi connectivity index (χ0n) is 13.2. The first-order valence-electron chi connectivity index (χ1n) is 7.30. The molecule has 0 aromatic heterocycles. The van der Waals surface area contributed by atoms with E-state index in [-0.39, 0.29) is 12.8 Å². The van der Waals surface area contributed by atoms with E-state index in [1.54, 1.807) is 12.1 Å². The van der Waals surface area contributed by atoms with Crippen molar-refractivity contribution >= 4 is 17.6 Å².